The smallest absolute Gasteiger partial charge is 0.257 e. The number of carbonyl (C=O) groups excluding carboxylic acids is 12. The maximum Gasteiger partial charge on any atom is 0.257 e. The molecule has 14 rings (SSSR count). The summed E-state index contributed by atoms with van der Waals surface area (Å²) in [6.45, 7) is 7.78. The van der Waals surface area contributed by atoms with Crippen molar-refractivity contribution in [3.63, 3.8) is 0 Å². The van der Waals surface area contributed by atoms with Gasteiger partial charge in [0.15, 0.2) is 24.2 Å². The Morgan fingerprint density at radius 1 is 0.347 bits per heavy atom. The van der Waals surface area contributed by atoms with Gasteiger partial charge in [-0.2, -0.15) is 0 Å². The van der Waals surface area contributed by atoms with Crippen molar-refractivity contribution < 1.29 is 57.5 Å². The van der Waals surface area contributed by atoms with E-state index in [4.69, 9.17) is 0 Å². The van der Waals surface area contributed by atoms with Gasteiger partial charge in [-0.3, -0.25) is 77.1 Å². The molecule has 4 atom stereocenters. The van der Waals surface area contributed by atoms with E-state index < -0.39 is 77.3 Å². The summed E-state index contributed by atoms with van der Waals surface area (Å²) < 4.78 is 0. The lowest BCUT2D eigenvalue weighted by Gasteiger charge is -2.37. The number of unbranched alkanes of at least 4 members (excludes halogenated alkanes) is 3. The average Bonchev–Trinajstić information content (AvgIpc) is 0.770. The number of hydrogen-bond acceptors (Lipinski definition) is 12. The predicted octanol–water partition coefficient (Wildman–Crippen LogP) is 13.1. The van der Waals surface area contributed by atoms with Gasteiger partial charge >= 0.3 is 0 Å². The van der Waals surface area contributed by atoms with Crippen molar-refractivity contribution in [3.8, 4) is 0 Å². The number of amides is 12. The first kappa shape index (κ1) is 85.5. The lowest BCUT2D eigenvalue weighted by molar-refractivity contribution is -0.133. The van der Waals surface area contributed by atoms with E-state index in [0.717, 1.165) is 92.0 Å². The third-order valence-electron chi connectivity index (χ3n) is 20.9. The summed E-state index contributed by atoms with van der Waals surface area (Å²) in [7, 11) is 0. The Morgan fingerprint density at radius 3 is 1.05 bits per heavy atom. The molecule has 4 aliphatic heterocycles. The molecule has 0 saturated heterocycles. The Kier molecular flexibility index (Phi) is 31.0. The number of nitrogens with zero attached hydrogens (tertiary/aromatic N) is 4. The van der Waals surface area contributed by atoms with Crippen LogP contribution in [0.2, 0.25) is 0 Å². The van der Waals surface area contributed by atoms with E-state index >= 15 is 0 Å². The van der Waals surface area contributed by atoms with Crippen LogP contribution in [-0.4, -0.2) is 115 Å². The highest BCUT2D eigenvalue weighted by Crippen LogP contribution is 2.40. The second kappa shape index (κ2) is 42.8. The molecule has 1 fully saturated rings. The maximum atomic E-state index is 14.4. The van der Waals surface area contributed by atoms with Crippen molar-refractivity contribution in [2.75, 3.05) is 60.5 Å². The normalized spacial score (nSPS) is 16.3. The molecule has 0 spiro atoms. The fourth-order valence-electron chi connectivity index (χ4n) is 14.9. The molecule has 24 nitrogen and oxygen atoms in total. The Bertz CT molecular complexity index is 4940. The van der Waals surface area contributed by atoms with Crippen molar-refractivity contribution in [2.45, 2.75) is 154 Å². The van der Waals surface area contributed by atoms with Gasteiger partial charge in [-0.1, -0.05) is 259 Å². The van der Waals surface area contributed by atoms with Crippen LogP contribution in [0, 0.1) is 5.92 Å². The van der Waals surface area contributed by atoms with E-state index in [1.54, 1.807) is 84.9 Å². The number of rotatable bonds is 25. The van der Waals surface area contributed by atoms with E-state index in [1.165, 1.54) is 26.0 Å². The summed E-state index contributed by atoms with van der Waals surface area (Å²) in [5.74, 6) is -5.23. The Balaban J connectivity index is 0.000000156. The van der Waals surface area contributed by atoms with Gasteiger partial charge in [0.25, 0.3) is 47.3 Å². The summed E-state index contributed by atoms with van der Waals surface area (Å²) in [5.41, 5.74) is 8.63. The molecule has 9 aromatic rings. The molecular weight excluding hydrogens is 1490 g/mol. The van der Waals surface area contributed by atoms with Gasteiger partial charge in [0.05, 0.1) is 57.8 Å². The SMILES string of the molecule is CCCCNC(=O)C1C(=O)Nc2ccccc2N1C(=O)CC1CCCCC1.CCCCNC(=O)C1C(=O)Nc2ccccc2N1C(=O)CCc1ccccc1.CCCCNC(=O)C1C(=O)Nc2ccccc2N1C(=O)Cc1ccccc1.O=C(NCc1ccccc1)C1C(=O)Nc2ccccc2N1C(=O)C(c1ccccc1)c1ccccc1. The minimum atomic E-state index is -1.36. The van der Waals surface area contributed by atoms with Gasteiger partial charge in [-0.15, -0.1) is 0 Å². The molecule has 0 bridgehead atoms. The molecule has 1 aliphatic carbocycles. The Hall–Kier alpha value is -13.4. The lowest BCUT2D eigenvalue weighted by Crippen LogP contribution is -2.59. The number of benzene rings is 9. The molecular formula is C94H102N12O12. The number of nitrogens with one attached hydrogen (secondary N) is 8. The number of carbonyl (C=O) groups is 12. The number of aryl methyl sites for hydroxylation is 1. The summed E-state index contributed by atoms with van der Waals surface area (Å²) >= 11 is 0. The van der Waals surface area contributed by atoms with E-state index in [-0.39, 0.29) is 43.0 Å². The average molecular weight is 1590 g/mol. The van der Waals surface area contributed by atoms with Crippen molar-refractivity contribution >= 4 is 116 Å². The Labute approximate surface area is 688 Å². The van der Waals surface area contributed by atoms with Crippen LogP contribution < -0.4 is 62.1 Å². The molecule has 0 aromatic heterocycles. The fourth-order valence-corrected chi connectivity index (χ4v) is 14.9. The lowest BCUT2D eigenvalue weighted by atomic mass is 9.86. The summed E-state index contributed by atoms with van der Waals surface area (Å²) in [4.78, 5) is 162. The number of anilines is 8. The number of hydrogen-bond donors (Lipinski definition) is 8. The molecule has 0 radical (unpaired) electrons. The zero-order valence-electron chi connectivity index (χ0n) is 66.8. The zero-order chi connectivity index (χ0) is 83.3. The first-order chi connectivity index (χ1) is 57.5. The maximum absolute atomic E-state index is 14.4. The van der Waals surface area contributed by atoms with Crippen molar-refractivity contribution in [2.24, 2.45) is 5.92 Å². The monoisotopic (exact) mass is 1590 g/mol. The highest BCUT2D eigenvalue weighted by atomic mass is 16.2. The van der Waals surface area contributed by atoms with Crippen LogP contribution in [0.5, 0.6) is 0 Å². The molecule has 5 aliphatic rings. The second-order valence-electron chi connectivity index (χ2n) is 29.4. The summed E-state index contributed by atoms with van der Waals surface area (Å²) in [6.07, 6.45) is 12.1. The third-order valence-corrected chi connectivity index (χ3v) is 20.9. The summed E-state index contributed by atoms with van der Waals surface area (Å²) in [6, 6.07) is 70.6. The Morgan fingerprint density at radius 2 is 0.661 bits per heavy atom. The molecule has 1 saturated carbocycles. The zero-order valence-corrected chi connectivity index (χ0v) is 66.8. The van der Waals surface area contributed by atoms with Crippen LogP contribution in [0.3, 0.4) is 0 Å². The number of para-hydroxylation sites is 8. The van der Waals surface area contributed by atoms with Gasteiger partial charge < -0.3 is 42.5 Å². The van der Waals surface area contributed by atoms with Crippen LogP contribution in [0.15, 0.2) is 249 Å². The van der Waals surface area contributed by atoms with Gasteiger partial charge in [-0.25, -0.2) is 0 Å². The van der Waals surface area contributed by atoms with Crippen LogP contribution in [-0.2, 0) is 76.9 Å². The van der Waals surface area contributed by atoms with E-state index in [0.29, 0.717) is 83.9 Å². The van der Waals surface area contributed by atoms with E-state index in [1.807, 2.05) is 185 Å². The molecule has 9 aromatic carbocycles. The van der Waals surface area contributed by atoms with Crippen LogP contribution >= 0.6 is 0 Å². The standard InChI is InChI=1S/C30H25N3O3.C22H25N3O3.C21H29N3O3.C21H23N3O3/c34-28(31-20-21-12-4-1-5-13-21)27-29(35)32-24-18-10-11-19-25(24)33(27)30(36)26(22-14-6-2-7-15-22)23-16-8-3-9-17-23;1-2-3-15-23-21(27)20-22(28)24-17-11-7-8-12-18(17)25(20)19(26)14-13-16-9-5-4-6-10-16;2*1-2-3-13-22-20(26)19-21(27)23-16-11-7-8-12-17(16)24(19)18(25)14-15-9-5-4-6-10-15/h1-19,26-27H,20H2,(H,31,34)(H,32,35);4-12,20H,2-3,13-15H2,1H3,(H,23,27)(H,24,28);7-8,11-12,15,19H,2-6,9-10,13-14H2,1H3,(H,22,26)(H,23,27);4-12,19H,2-3,13-14H2,1H3,(H,22,26)(H,23,27). The highest BCUT2D eigenvalue weighted by molar-refractivity contribution is 6.25. The summed E-state index contributed by atoms with van der Waals surface area (Å²) in [5, 5.41) is 22.3. The van der Waals surface area contributed by atoms with Crippen molar-refractivity contribution in [1.82, 2.24) is 21.3 Å². The van der Waals surface area contributed by atoms with E-state index in [2.05, 4.69) is 42.5 Å². The van der Waals surface area contributed by atoms with Gasteiger partial charge in [-0.05, 0) is 121 Å². The molecule has 24 heteroatoms. The van der Waals surface area contributed by atoms with Crippen LogP contribution in [0.25, 0.3) is 0 Å². The molecule has 4 heterocycles. The molecule has 12 amide bonds. The van der Waals surface area contributed by atoms with Crippen LogP contribution in [0.4, 0.5) is 45.5 Å². The molecule has 118 heavy (non-hydrogen) atoms. The van der Waals surface area contributed by atoms with Crippen molar-refractivity contribution in [3.05, 3.63) is 277 Å². The fraction of sp³-hybridized carbons (Fsp3) is 0.298. The highest BCUT2D eigenvalue weighted by Gasteiger charge is 2.47. The molecule has 4 unspecified atom stereocenters. The second-order valence-corrected chi connectivity index (χ2v) is 29.4. The largest absolute Gasteiger partial charge is 0.354 e. The van der Waals surface area contributed by atoms with Crippen LogP contribution in [0.1, 0.15) is 138 Å². The third kappa shape index (κ3) is 22.0. The minimum Gasteiger partial charge on any atom is -0.354 e. The van der Waals surface area contributed by atoms with Crippen molar-refractivity contribution in [1.29, 1.82) is 0 Å². The van der Waals surface area contributed by atoms with E-state index in [9.17, 15) is 57.5 Å². The van der Waals surface area contributed by atoms with Gasteiger partial charge in [0.2, 0.25) is 23.6 Å². The van der Waals surface area contributed by atoms with Gasteiger partial charge in [0, 0.05) is 39.0 Å². The molecule has 610 valence electrons. The van der Waals surface area contributed by atoms with Gasteiger partial charge in [0.1, 0.15) is 0 Å². The topological polar surface area (TPSA) is 314 Å². The first-order valence-electron chi connectivity index (χ1n) is 40.7. The predicted molar refractivity (Wildman–Crippen MR) is 458 cm³/mol. The molecule has 8 N–H and O–H groups in total. The minimum absolute atomic E-state index is 0.112. The first-order valence-corrected chi connectivity index (χ1v) is 40.7. The quantitative estimate of drug-likeness (QED) is 0.0196. The number of fused-ring (bicyclic) bond motifs is 4.